The standard InChI is InChI=1S/C10H18O5/c1-10(2)14-6-5-13-9(12-4)8(11-3)7(6)15-10/h6-9H,5H2,1-4H3/t6-,7-,8+,9-/m0/s1. The smallest absolute Gasteiger partial charge is 0.186 e. The highest BCUT2D eigenvalue weighted by Gasteiger charge is 2.51. The Balaban J connectivity index is 2.11. The van der Waals surface area contributed by atoms with Crippen molar-refractivity contribution in [2.75, 3.05) is 20.8 Å². The fraction of sp³-hybridized carbons (Fsp3) is 1.00. The molecule has 0 aromatic rings. The van der Waals surface area contributed by atoms with Crippen molar-refractivity contribution < 1.29 is 23.7 Å². The lowest BCUT2D eigenvalue weighted by Crippen LogP contribution is -2.53. The summed E-state index contributed by atoms with van der Waals surface area (Å²) in [7, 11) is 3.22. The maximum atomic E-state index is 5.78. The zero-order valence-electron chi connectivity index (χ0n) is 9.56. The van der Waals surface area contributed by atoms with Crippen LogP contribution in [0.15, 0.2) is 0 Å². The van der Waals surface area contributed by atoms with Crippen LogP contribution in [0, 0.1) is 0 Å². The first-order valence-corrected chi connectivity index (χ1v) is 5.10. The van der Waals surface area contributed by atoms with Gasteiger partial charge in [0.1, 0.15) is 18.3 Å². The van der Waals surface area contributed by atoms with Crippen LogP contribution < -0.4 is 0 Å². The largest absolute Gasteiger partial charge is 0.373 e. The van der Waals surface area contributed by atoms with Gasteiger partial charge in [-0.3, -0.25) is 0 Å². The van der Waals surface area contributed by atoms with E-state index in [9.17, 15) is 0 Å². The van der Waals surface area contributed by atoms with Crippen molar-refractivity contribution in [1.29, 1.82) is 0 Å². The lowest BCUT2D eigenvalue weighted by molar-refractivity contribution is -0.248. The van der Waals surface area contributed by atoms with Crippen LogP contribution >= 0.6 is 0 Å². The fourth-order valence-electron chi connectivity index (χ4n) is 2.16. The average molecular weight is 218 g/mol. The Hall–Kier alpha value is -0.200. The third-order valence-corrected chi connectivity index (χ3v) is 2.74. The van der Waals surface area contributed by atoms with Crippen molar-refractivity contribution in [3.05, 3.63) is 0 Å². The Morgan fingerprint density at radius 2 is 1.87 bits per heavy atom. The first-order valence-electron chi connectivity index (χ1n) is 5.10. The predicted octanol–water partition coefficient (Wildman–Crippen LogP) is 0.524. The lowest BCUT2D eigenvalue weighted by atomic mass is 10.1. The quantitative estimate of drug-likeness (QED) is 0.676. The summed E-state index contributed by atoms with van der Waals surface area (Å²) in [4.78, 5) is 0. The maximum Gasteiger partial charge on any atom is 0.186 e. The van der Waals surface area contributed by atoms with E-state index in [1.165, 1.54) is 0 Å². The van der Waals surface area contributed by atoms with Crippen LogP contribution in [0.5, 0.6) is 0 Å². The molecule has 5 nitrogen and oxygen atoms in total. The molecule has 88 valence electrons. The SMILES string of the molecule is CO[C@H]1OC[C@@H]2OC(C)(C)O[C@@H]2[C@H]1OC. The third kappa shape index (κ3) is 2.03. The first-order chi connectivity index (χ1) is 7.07. The van der Waals surface area contributed by atoms with Gasteiger partial charge in [-0.1, -0.05) is 0 Å². The van der Waals surface area contributed by atoms with Crippen LogP contribution in [-0.4, -0.2) is 51.2 Å². The molecule has 2 saturated heterocycles. The minimum atomic E-state index is -0.571. The van der Waals surface area contributed by atoms with E-state index in [2.05, 4.69) is 0 Å². The Kier molecular flexibility index (Phi) is 3.00. The molecule has 0 aromatic heterocycles. The number of methoxy groups -OCH3 is 2. The van der Waals surface area contributed by atoms with Crippen molar-refractivity contribution in [1.82, 2.24) is 0 Å². The molecule has 2 fully saturated rings. The van der Waals surface area contributed by atoms with Gasteiger partial charge in [-0.25, -0.2) is 0 Å². The molecule has 2 heterocycles. The summed E-state index contributed by atoms with van der Waals surface area (Å²) in [6.45, 7) is 4.26. The molecule has 2 aliphatic rings. The first kappa shape index (κ1) is 11.3. The van der Waals surface area contributed by atoms with Crippen molar-refractivity contribution in [3.8, 4) is 0 Å². The second-order valence-corrected chi connectivity index (χ2v) is 4.28. The summed E-state index contributed by atoms with van der Waals surface area (Å²) in [5, 5.41) is 0. The van der Waals surface area contributed by atoms with Gasteiger partial charge in [0.15, 0.2) is 12.1 Å². The van der Waals surface area contributed by atoms with Gasteiger partial charge in [0.05, 0.1) is 6.61 Å². The van der Waals surface area contributed by atoms with Gasteiger partial charge in [0.2, 0.25) is 0 Å². The Morgan fingerprint density at radius 1 is 1.13 bits per heavy atom. The highest BCUT2D eigenvalue weighted by Crippen LogP contribution is 2.35. The van der Waals surface area contributed by atoms with Gasteiger partial charge in [-0.05, 0) is 13.8 Å². The highest BCUT2D eigenvalue weighted by atomic mass is 16.8. The average Bonchev–Trinajstić information content (AvgIpc) is 2.50. The van der Waals surface area contributed by atoms with Crippen LogP contribution in [0.4, 0.5) is 0 Å². The van der Waals surface area contributed by atoms with E-state index in [-0.39, 0.29) is 24.6 Å². The summed E-state index contributed by atoms with van der Waals surface area (Å²) >= 11 is 0. The summed E-state index contributed by atoms with van der Waals surface area (Å²) in [5.41, 5.74) is 0. The normalized spacial score (nSPS) is 44.0. The molecular formula is C10H18O5. The van der Waals surface area contributed by atoms with E-state index in [1.807, 2.05) is 13.8 Å². The van der Waals surface area contributed by atoms with Crippen LogP contribution in [0.1, 0.15) is 13.8 Å². The maximum absolute atomic E-state index is 5.78. The number of rotatable bonds is 2. The molecule has 0 N–H and O–H groups in total. The van der Waals surface area contributed by atoms with Crippen molar-refractivity contribution in [2.45, 2.75) is 44.2 Å². The number of hydrogen-bond acceptors (Lipinski definition) is 5. The highest BCUT2D eigenvalue weighted by molar-refractivity contribution is 4.92. The molecule has 0 unspecified atom stereocenters. The van der Waals surface area contributed by atoms with Gasteiger partial charge in [0.25, 0.3) is 0 Å². The van der Waals surface area contributed by atoms with Crippen molar-refractivity contribution in [2.24, 2.45) is 0 Å². The molecule has 0 radical (unpaired) electrons. The van der Waals surface area contributed by atoms with Crippen LogP contribution in [0.3, 0.4) is 0 Å². The van der Waals surface area contributed by atoms with Gasteiger partial charge >= 0.3 is 0 Å². The molecule has 2 aliphatic heterocycles. The zero-order chi connectivity index (χ0) is 11.1. The molecular weight excluding hydrogens is 200 g/mol. The van der Waals surface area contributed by atoms with E-state index < -0.39 is 5.79 Å². The minimum absolute atomic E-state index is 0.0728. The van der Waals surface area contributed by atoms with Gasteiger partial charge in [-0.2, -0.15) is 0 Å². The summed E-state index contributed by atoms with van der Waals surface area (Å²) in [6, 6.07) is 0. The zero-order valence-corrected chi connectivity index (χ0v) is 9.56. The Labute approximate surface area is 89.6 Å². The molecule has 2 rings (SSSR count). The van der Waals surface area contributed by atoms with E-state index in [0.29, 0.717) is 6.61 Å². The molecule has 0 amide bonds. The number of hydrogen-bond donors (Lipinski definition) is 0. The fourth-order valence-corrected chi connectivity index (χ4v) is 2.16. The summed E-state index contributed by atoms with van der Waals surface area (Å²) in [6.07, 6.45) is -0.815. The van der Waals surface area contributed by atoms with Crippen molar-refractivity contribution >= 4 is 0 Å². The molecule has 0 saturated carbocycles. The molecule has 4 atom stereocenters. The Morgan fingerprint density at radius 3 is 2.47 bits per heavy atom. The van der Waals surface area contributed by atoms with Crippen LogP contribution in [-0.2, 0) is 23.7 Å². The predicted molar refractivity (Wildman–Crippen MR) is 51.4 cm³/mol. The van der Waals surface area contributed by atoms with E-state index in [1.54, 1.807) is 14.2 Å². The van der Waals surface area contributed by atoms with E-state index in [4.69, 9.17) is 23.7 Å². The second-order valence-electron chi connectivity index (χ2n) is 4.28. The lowest BCUT2D eigenvalue weighted by Gasteiger charge is -2.35. The summed E-state index contributed by atoms with van der Waals surface area (Å²) < 4.78 is 27.5. The van der Waals surface area contributed by atoms with E-state index >= 15 is 0 Å². The van der Waals surface area contributed by atoms with E-state index in [0.717, 1.165) is 0 Å². The molecule has 0 spiro atoms. The Bertz CT molecular complexity index is 230. The molecule has 15 heavy (non-hydrogen) atoms. The molecule has 0 bridgehead atoms. The minimum Gasteiger partial charge on any atom is -0.373 e. The van der Waals surface area contributed by atoms with Gasteiger partial charge in [-0.15, -0.1) is 0 Å². The molecule has 0 aromatic carbocycles. The number of ether oxygens (including phenoxy) is 5. The van der Waals surface area contributed by atoms with Gasteiger partial charge in [0, 0.05) is 14.2 Å². The second kappa shape index (κ2) is 3.99. The van der Waals surface area contributed by atoms with Gasteiger partial charge < -0.3 is 23.7 Å². The van der Waals surface area contributed by atoms with Crippen LogP contribution in [0.25, 0.3) is 0 Å². The van der Waals surface area contributed by atoms with Crippen LogP contribution in [0.2, 0.25) is 0 Å². The third-order valence-electron chi connectivity index (χ3n) is 2.74. The molecule has 5 heteroatoms. The number of fused-ring (bicyclic) bond motifs is 1. The van der Waals surface area contributed by atoms with Crippen molar-refractivity contribution in [3.63, 3.8) is 0 Å². The monoisotopic (exact) mass is 218 g/mol. The topological polar surface area (TPSA) is 46.2 Å². The summed E-state index contributed by atoms with van der Waals surface area (Å²) in [5.74, 6) is -0.571. The molecule has 0 aliphatic carbocycles.